The number of nitrogens with two attached hydrogens (primary N) is 1. The zero-order valence-electron chi connectivity index (χ0n) is 10.4. The Labute approximate surface area is 101 Å². The zero-order valence-corrected chi connectivity index (χ0v) is 10.4. The lowest BCUT2D eigenvalue weighted by Gasteiger charge is -2.08. The van der Waals surface area contributed by atoms with Crippen molar-refractivity contribution in [2.75, 3.05) is 13.7 Å². The van der Waals surface area contributed by atoms with E-state index in [-0.39, 0.29) is 6.54 Å². The largest absolute Gasteiger partial charge is 0.497 e. The normalized spacial score (nSPS) is 13.0. The summed E-state index contributed by atoms with van der Waals surface area (Å²) in [6, 6.07) is 5.83. The predicted octanol–water partition coefficient (Wildman–Crippen LogP) is 1.49. The Kier molecular flexibility index (Phi) is 3.09. The number of ether oxygens (including phenoxy) is 1. The number of fused-ring (bicyclic) bond motifs is 1. The molecule has 17 heavy (non-hydrogen) atoms. The van der Waals surface area contributed by atoms with Crippen LogP contribution >= 0.6 is 0 Å². The molecule has 1 aromatic carbocycles. The van der Waals surface area contributed by atoms with Crippen LogP contribution in [0.3, 0.4) is 0 Å². The highest BCUT2D eigenvalue weighted by molar-refractivity contribution is 5.87. The van der Waals surface area contributed by atoms with Gasteiger partial charge in [-0.25, -0.2) is 0 Å². The quantitative estimate of drug-likeness (QED) is 0.845. The van der Waals surface area contributed by atoms with E-state index in [2.05, 4.69) is 0 Å². The SMILES string of the molecule is COc1ccc2c(C(O)CN)c(C)n(C)c2c1. The standard InChI is InChI=1S/C13H18N2O2/c1-8-13(12(16)7-14)10-5-4-9(17-3)6-11(10)15(8)2/h4-6,12,16H,7,14H2,1-3H3. The summed E-state index contributed by atoms with van der Waals surface area (Å²) in [5.74, 6) is 0.812. The summed E-state index contributed by atoms with van der Waals surface area (Å²) >= 11 is 0. The number of benzene rings is 1. The molecule has 4 heteroatoms. The van der Waals surface area contributed by atoms with Crippen LogP contribution in [0.2, 0.25) is 0 Å². The average molecular weight is 234 g/mol. The van der Waals surface area contributed by atoms with E-state index >= 15 is 0 Å². The van der Waals surface area contributed by atoms with Gasteiger partial charge in [0.05, 0.1) is 18.7 Å². The number of nitrogens with zero attached hydrogens (tertiary/aromatic N) is 1. The summed E-state index contributed by atoms with van der Waals surface area (Å²) in [6.07, 6.45) is -0.618. The highest BCUT2D eigenvalue weighted by Gasteiger charge is 2.17. The fourth-order valence-electron chi connectivity index (χ4n) is 2.24. The molecule has 0 saturated heterocycles. The van der Waals surface area contributed by atoms with Crippen molar-refractivity contribution in [2.24, 2.45) is 12.8 Å². The van der Waals surface area contributed by atoms with Gasteiger partial charge in [0, 0.05) is 36.3 Å². The average Bonchev–Trinajstić information content (AvgIpc) is 2.61. The lowest BCUT2D eigenvalue weighted by molar-refractivity contribution is 0.187. The summed E-state index contributed by atoms with van der Waals surface area (Å²) < 4.78 is 7.26. The van der Waals surface area contributed by atoms with Gasteiger partial charge >= 0.3 is 0 Å². The molecule has 1 atom stereocenters. The molecule has 0 spiro atoms. The molecule has 0 aliphatic heterocycles. The van der Waals surface area contributed by atoms with Gasteiger partial charge in [0.2, 0.25) is 0 Å². The molecule has 4 nitrogen and oxygen atoms in total. The Morgan fingerprint density at radius 2 is 2.18 bits per heavy atom. The number of hydrogen-bond acceptors (Lipinski definition) is 3. The summed E-state index contributed by atoms with van der Waals surface area (Å²) in [4.78, 5) is 0. The Morgan fingerprint density at radius 1 is 1.47 bits per heavy atom. The van der Waals surface area contributed by atoms with Gasteiger partial charge in [-0.3, -0.25) is 0 Å². The number of hydrogen-bond donors (Lipinski definition) is 2. The minimum Gasteiger partial charge on any atom is -0.497 e. The zero-order chi connectivity index (χ0) is 12.6. The summed E-state index contributed by atoms with van der Waals surface area (Å²) in [7, 11) is 3.62. The van der Waals surface area contributed by atoms with Crippen LogP contribution in [-0.2, 0) is 7.05 Å². The molecular formula is C13H18N2O2. The maximum atomic E-state index is 9.98. The van der Waals surface area contributed by atoms with Crippen LogP contribution in [0.4, 0.5) is 0 Å². The van der Waals surface area contributed by atoms with Crippen molar-refractivity contribution in [1.29, 1.82) is 0 Å². The number of aliphatic hydroxyl groups is 1. The fraction of sp³-hybridized carbons (Fsp3) is 0.385. The number of aliphatic hydroxyl groups excluding tert-OH is 1. The minimum atomic E-state index is -0.618. The third-order valence-corrected chi connectivity index (χ3v) is 3.31. The lowest BCUT2D eigenvalue weighted by Crippen LogP contribution is -2.12. The Bertz CT molecular complexity index is 546. The van der Waals surface area contributed by atoms with Gasteiger partial charge in [-0.1, -0.05) is 0 Å². The molecule has 0 aliphatic rings. The molecule has 3 N–H and O–H groups in total. The number of rotatable bonds is 3. The van der Waals surface area contributed by atoms with E-state index in [1.807, 2.05) is 36.7 Å². The van der Waals surface area contributed by atoms with Crippen LogP contribution in [0.5, 0.6) is 5.75 Å². The van der Waals surface area contributed by atoms with Gasteiger partial charge in [0.15, 0.2) is 0 Å². The van der Waals surface area contributed by atoms with Crippen molar-refractivity contribution < 1.29 is 9.84 Å². The minimum absolute atomic E-state index is 0.228. The summed E-state index contributed by atoms with van der Waals surface area (Å²) in [5.41, 5.74) is 8.53. The van der Waals surface area contributed by atoms with Crippen LogP contribution < -0.4 is 10.5 Å². The lowest BCUT2D eigenvalue weighted by atomic mass is 10.1. The molecule has 1 aromatic heterocycles. The molecule has 92 valence electrons. The molecule has 2 rings (SSSR count). The Morgan fingerprint density at radius 3 is 2.76 bits per heavy atom. The van der Waals surface area contributed by atoms with Gasteiger partial charge in [0.25, 0.3) is 0 Å². The first-order chi connectivity index (χ1) is 8.10. The molecule has 0 radical (unpaired) electrons. The van der Waals surface area contributed by atoms with E-state index in [1.54, 1.807) is 7.11 Å². The van der Waals surface area contributed by atoms with Crippen molar-refractivity contribution in [3.63, 3.8) is 0 Å². The second-order valence-corrected chi connectivity index (χ2v) is 4.19. The molecule has 0 bridgehead atoms. The van der Waals surface area contributed by atoms with E-state index in [4.69, 9.17) is 10.5 Å². The molecule has 2 aromatic rings. The number of methoxy groups -OCH3 is 1. The monoisotopic (exact) mass is 234 g/mol. The van der Waals surface area contributed by atoms with E-state index in [1.165, 1.54) is 0 Å². The first kappa shape index (κ1) is 12.0. The third-order valence-electron chi connectivity index (χ3n) is 3.31. The smallest absolute Gasteiger partial charge is 0.120 e. The van der Waals surface area contributed by atoms with Crippen molar-refractivity contribution in [1.82, 2.24) is 4.57 Å². The molecule has 0 saturated carbocycles. The molecule has 0 amide bonds. The summed E-state index contributed by atoms with van der Waals surface area (Å²) in [6.45, 7) is 2.21. The highest BCUT2D eigenvalue weighted by atomic mass is 16.5. The van der Waals surface area contributed by atoms with E-state index < -0.39 is 6.10 Å². The second-order valence-electron chi connectivity index (χ2n) is 4.19. The number of aryl methyl sites for hydroxylation is 1. The van der Waals surface area contributed by atoms with Gasteiger partial charge < -0.3 is 20.1 Å². The van der Waals surface area contributed by atoms with E-state index in [0.717, 1.165) is 27.9 Å². The molecule has 1 heterocycles. The first-order valence-electron chi connectivity index (χ1n) is 5.61. The molecule has 1 unspecified atom stereocenters. The second kappa shape index (κ2) is 4.39. The van der Waals surface area contributed by atoms with Crippen molar-refractivity contribution in [2.45, 2.75) is 13.0 Å². The number of aromatic nitrogens is 1. The van der Waals surface area contributed by atoms with Crippen LogP contribution in [0, 0.1) is 6.92 Å². The molecular weight excluding hydrogens is 216 g/mol. The topological polar surface area (TPSA) is 60.4 Å². The van der Waals surface area contributed by atoms with Gasteiger partial charge in [-0.15, -0.1) is 0 Å². The van der Waals surface area contributed by atoms with Gasteiger partial charge in [-0.2, -0.15) is 0 Å². The van der Waals surface area contributed by atoms with Crippen molar-refractivity contribution >= 4 is 10.9 Å². The van der Waals surface area contributed by atoms with Gasteiger partial charge in [-0.05, 0) is 19.1 Å². The third kappa shape index (κ3) is 1.79. The van der Waals surface area contributed by atoms with Crippen LogP contribution in [0.25, 0.3) is 10.9 Å². The Balaban J connectivity index is 2.73. The van der Waals surface area contributed by atoms with Gasteiger partial charge in [0.1, 0.15) is 5.75 Å². The highest BCUT2D eigenvalue weighted by Crippen LogP contribution is 2.31. The van der Waals surface area contributed by atoms with E-state index in [0.29, 0.717) is 0 Å². The first-order valence-corrected chi connectivity index (χ1v) is 5.61. The fourth-order valence-corrected chi connectivity index (χ4v) is 2.24. The summed E-state index contributed by atoms with van der Waals surface area (Å²) in [5, 5.41) is 11.0. The predicted molar refractivity (Wildman–Crippen MR) is 68.2 cm³/mol. The van der Waals surface area contributed by atoms with Crippen molar-refractivity contribution in [3.8, 4) is 5.75 Å². The molecule has 0 aliphatic carbocycles. The molecule has 0 fully saturated rings. The van der Waals surface area contributed by atoms with E-state index in [9.17, 15) is 5.11 Å². The maximum absolute atomic E-state index is 9.98. The van der Waals surface area contributed by atoms with Crippen LogP contribution in [0.1, 0.15) is 17.4 Å². The van der Waals surface area contributed by atoms with Crippen LogP contribution in [-0.4, -0.2) is 23.3 Å². The van der Waals surface area contributed by atoms with Crippen molar-refractivity contribution in [3.05, 3.63) is 29.5 Å². The maximum Gasteiger partial charge on any atom is 0.120 e. The Hall–Kier alpha value is -1.52. The van der Waals surface area contributed by atoms with Crippen LogP contribution in [0.15, 0.2) is 18.2 Å².